The van der Waals surface area contributed by atoms with E-state index in [-0.39, 0.29) is 0 Å². The van der Waals surface area contributed by atoms with Gasteiger partial charge in [0.05, 0.1) is 11.3 Å². The van der Waals surface area contributed by atoms with Gasteiger partial charge in [-0.3, -0.25) is 4.98 Å². The molecule has 0 amide bonds. The lowest BCUT2D eigenvalue weighted by atomic mass is 9.89. The molecule has 0 aliphatic carbocycles. The summed E-state index contributed by atoms with van der Waals surface area (Å²) in [7, 11) is 1.89. The third-order valence-electron chi connectivity index (χ3n) is 5.04. The Morgan fingerprint density at radius 1 is 1.35 bits per heavy atom. The third kappa shape index (κ3) is 4.40. The van der Waals surface area contributed by atoms with E-state index in [1.807, 2.05) is 7.05 Å². The van der Waals surface area contributed by atoms with E-state index in [2.05, 4.69) is 20.2 Å². The highest BCUT2D eigenvalue weighted by Crippen LogP contribution is 2.27. The molecule has 2 aliphatic rings. The number of likely N-dealkylation sites (tertiary alicyclic amines) is 1. The molecule has 2 fully saturated rings. The van der Waals surface area contributed by atoms with Gasteiger partial charge in [0.1, 0.15) is 5.82 Å². The molecule has 0 bridgehead atoms. The Hall–Kier alpha value is -1.24. The first-order chi connectivity index (χ1) is 11.2. The Labute approximate surface area is 138 Å². The van der Waals surface area contributed by atoms with Crippen molar-refractivity contribution in [3.05, 3.63) is 18.1 Å². The monoisotopic (exact) mass is 320 g/mol. The highest BCUT2D eigenvalue weighted by atomic mass is 16.5. The molecule has 0 aromatic carbocycles. The molecule has 128 valence electrons. The van der Waals surface area contributed by atoms with Crippen LogP contribution in [0.25, 0.3) is 0 Å². The number of aliphatic hydroxyl groups is 1. The summed E-state index contributed by atoms with van der Waals surface area (Å²) in [4.78, 5) is 11.3. The summed E-state index contributed by atoms with van der Waals surface area (Å²) in [6, 6.07) is 0. The Morgan fingerprint density at radius 3 is 2.91 bits per heavy atom. The van der Waals surface area contributed by atoms with E-state index in [0.29, 0.717) is 19.1 Å². The highest BCUT2D eigenvalue weighted by Gasteiger charge is 2.33. The van der Waals surface area contributed by atoms with Crippen LogP contribution < -0.4 is 5.32 Å². The Bertz CT molecular complexity index is 505. The van der Waals surface area contributed by atoms with Crippen LogP contribution in [0.5, 0.6) is 0 Å². The Balaban J connectivity index is 1.57. The minimum absolute atomic E-state index is 0.567. The van der Waals surface area contributed by atoms with Crippen molar-refractivity contribution in [3.63, 3.8) is 0 Å². The fourth-order valence-electron chi connectivity index (χ4n) is 3.79. The molecule has 2 aliphatic heterocycles. The number of rotatable bonds is 5. The average molecular weight is 320 g/mol. The molecule has 3 rings (SSSR count). The lowest BCUT2D eigenvalue weighted by molar-refractivity contribution is -0.0838. The van der Waals surface area contributed by atoms with E-state index in [9.17, 15) is 5.11 Å². The number of piperidine rings is 1. The molecule has 2 N–H and O–H groups in total. The lowest BCUT2D eigenvalue weighted by Gasteiger charge is -2.40. The maximum absolute atomic E-state index is 10.7. The van der Waals surface area contributed by atoms with Gasteiger partial charge in [-0.05, 0) is 31.7 Å². The molecular weight excluding hydrogens is 292 g/mol. The summed E-state index contributed by atoms with van der Waals surface area (Å²) in [5.41, 5.74) is 0.481. The van der Waals surface area contributed by atoms with Gasteiger partial charge in [0.2, 0.25) is 0 Å². The van der Waals surface area contributed by atoms with Gasteiger partial charge in [0.15, 0.2) is 0 Å². The molecule has 1 unspecified atom stereocenters. The maximum atomic E-state index is 10.7. The minimum Gasteiger partial charge on any atom is -0.388 e. The van der Waals surface area contributed by atoms with Crippen molar-refractivity contribution in [1.29, 1.82) is 0 Å². The number of nitrogens with zero attached hydrogens (tertiary/aromatic N) is 3. The van der Waals surface area contributed by atoms with Gasteiger partial charge in [-0.25, -0.2) is 4.98 Å². The molecule has 0 radical (unpaired) electrons. The second-order valence-electron chi connectivity index (χ2n) is 6.89. The fourth-order valence-corrected chi connectivity index (χ4v) is 3.79. The number of aromatic nitrogens is 2. The van der Waals surface area contributed by atoms with Crippen LogP contribution in [0.3, 0.4) is 0 Å². The van der Waals surface area contributed by atoms with E-state index in [0.717, 1.165) is 50.4 Å². The van der Waals surface area contributed by atoms with E-state index >= 15 is 0 Å². The quantitative estimate of drug-likeness (QED) is 0.852. The first-order valence-corrected chi connectivity index (χ1v) is 8.69. The van der Waals surface area contributed by atoms with Gasteiger partial charge in [0.25, 0.3) is 0 Å². The van der Waals surface area contributed by atoms with Crippen molar-refractivity contribution in [1.82, 2.24) is 14.9 Å². The van der Waals surface area contributed by atoms with Crippen LogP contribution in [0.4, 0.5) is 5.82 Å². The minimum atomic E-state index is -0.567. The first-order valence-electron chi connectivity index (χ1n) is 8.69. The van der Waals surface area contributed by atoms with Crippen LogP contribution in [-0.2, 0) is 11.2 Å². The van der Waals surface area contributed by atoms with E-state index in [4.69, 9.17) is 4.74 Å². The van der Waals surface area contributed by atoms with Gasteiger partial charge in [-0.1, -0.05) is 0 Å². The SMILES string of the molecule is CNc1nccnc1CC1CCCN(CC2(O)CCOCC2)C1. The van der Waals surface area contributed by atoms with Gasteiger partial charge < -0.3 is 20.1 Å². The predicted octanol–water partition coefficient (Wildman–Crippen LogP) is 1.31. The molecule has 1 aromatic heterocycles. The number of ether oxygens (including phenoxy) is 1. The number of anilines is 1. The normalized spacial score (nSPS) is 25.2. The summed E-state index contributed by atoms with van der Waals surface area (Å²) in [6.45, 7) is 4.24. The second-order valence-corrected chi connectivity index (χ2v) is 6.89. The van der Waals surface area contributed by atoms with Gasteiger partial charge in [-0.2, -0.15) is 0 Å². The zero-order chi connectivity index (χ0) is 16.1. The molecule has 23 heavy (non-hydrogen) atoms. The van der Waals surface area contributed by atoms with Crippen LogP contribution in [0, 0.1) is 5.92 Å². The van der Waals surface area contributed by atoms with Gasteiger partial charge in [-0.15, -0.1) is 0 Å². The molecule has 0 saturated carbocycles. The lowest BCUT2D eigenvalue weighted by Crippen LogP contribution is -2.49. The van der Waals surface area contributed by atoms with Crippen LogP contribution in [-0.4, -0.2) is 65.5 Å². The zero-order valence-corrected chi connectivity index (χ0v) is 14.0. The van der Waals surface area contributed by atoms with Crippen molar-refractivity contribution < 1.29 is 9.84 Å². The smallest absolute Gasteiger partial charge is 0.147 e. The summed E-state index contributed by atoms with van der Waals surface area (Å²) >= 11 is 0. The number of nitrogens with one attached hydrogen (secondary N) is 1. The van der Waals surface area contributed by atoms with Crippen molar-refractivity contribution in [2.75, 3.05) is 45.2 Å². The van der Waals surface area contributed by atoms with Gasteiger partial charge in [0, 0.05) is 58.6 Å². The molecule has 6 nitrogen and oxygen atoms in total. The molecular formula is C17H28N4O2. The van der Waals surface area contributed by atoms with Crippen molar-refractivity contribution in [2.45, 2.75) is 37.7 Å². The van der Waals surface area contributed by atoms with E-state index < -0.39 is 5.60 Å². The van der Waals surface area contributed by atoms with Crippen LogP contribution in [0.2, 0.25) is 0 Å². The molecule has 1 atom stereocenters. The average Bonchev–Trinajstić information content (AvgIpc) is 2.56. The molecule has 6 heteroatoms. The molecule has 2 saturated heterocycles. The van der Waals surface area contributed by atoms with E-state index in [1.165, 1.54) is 12.8 Å². The number of hydrogen-bond acceptors (Lipinski definition) is 6. The summed E-state index contributed by atoms with van der Waals surface area (Å²) in [6.07, 6.45) is 8.35. The molecule has 0 spiro atoms. The third-order valence-corrected chi connectivity index (χ3v) is 5.04. The predicted molar refractivity (Wildman–Crippen MR) is 89.4 cm³/mol. The van der Waals surface area contributed by atoms with Crippen molar-refractivity contribution in [2.24, 2.45) is 5.92 Å². The number of hydrogen-bond donors (Lipinski definition) is 2. The largest absolute Gasteiger partial charge is 0.388 e. The van der Waals surface area contributed by atoms with E-state index in [1.54, 1.807) is 12.4 Å². The first kappa shape index (κ1) is 16.6. The molecule has 1 aromatic rings. The summed E-state index contributed by atoms with van der Waals surface area (Å²) in [5, 5.41) is 13.9. The summed E-state index contributed by atoms with van der Waals surface area (Å²) < 4.78 is 5.38. The maximum Gasteiger partial charge on any atom is 0.147 e. The number of β-amino-alcohol motifs (C(OH)–C–C–N with tert-alkyl or cyclic N) is 1. The standard InChI is InChI=1S/C17H28N4O2/c1-18-16-15(19-6-7-20-16)11-14-3-2-8-21(12-14)13-17(22)4-9-23-10-5-17/h6-7,14,22H,2-5,8-13H2,1H3,(H,18,20). The highest BCUT2D eigenvalue weighted by molar-refractivity contribution is 5.38. The Morgan fingerprint density at radius 2 is 2.13 bits per heavy atom. The van der Waals surface area contributed by atoms with Crippen LogP contribution in [0.1, 0.15) is 31.4 Å². The Kier molecular flexibility index (Phi) is 5.46. The molecule has 3 heterocycles. The van der Waals surface area contributed by atoms with Crippen molar-refractivity contribution >= 4 is 5.82 Å². The fraction of sp³-hybridized carbons (Fsp3) is 0.765. The zero-order valence-electron chi connectivity index (χ0n) is 14.0. The van der Waals surface area contributed by atoms with Crippen LogP contribution >= 0.6 is 0 Å². The van der Waals surface area contributed by atoms with Crippen molar-refractivity contribution in [3.8, 4) is 0 Å². The van der Waals surface area contributed by atoms with Gasteiger partial charge >= 0.3 is 0 Å². The topological polar surface area (TPSA) is 70.5 Å². The second kappa shape index (κ2) is 7.55. The summed E-state index contributed by atoms with van der Waals surface area (Å²) in [5.74, 6) is 1.46. The van der Waals surface area contributed by atoms with Crippen LogP contribution in [0.15, 0.2) is 12.4 Å².